The summed E-state index contributed by atoms with van der Waals surface area (Å²) in [5.41, 5.74) is 2.97. The van der Waals surface area contributed by atoms with Crippen molar-refractivity contribution in [2.75, 3.05) is 64.1 Å². The van der Waals surface area contributed by atoms with E-state index in [1.807, 2.05) is 32.0 Å². The van der Waals surface area contributed by atoms with Crippen LogP contribution < -0.4 is 24.8 Å². The first kappa shape index (κ1) is 39.0. The molecule has 0 bridgehead atoms. The molecule has 0 unspecified atom stereocenters. The quantitative estimate of drug-likeness (QED) is 0.0902. The summed E-state index contributed by atoms with van der Waals surface area (Å²) in [6.07, 6.45) is -2.39. The maximum atomic E-state index is 15.1. The van der Waals surface area contributed by atoms with Crippen LogP contribution in [0.5, 0.6) is 23.1 Å². The normalized spacial score (nSPS) is 13.7. The van der Waals surface area contributed by atoms with Crippen molar-refractivity contribution < 1.29 is 36.6 Å². The number of amides is 1. The number of benzene rings is 4. The van der Waals surface area contributed by atoms with Crippen LogP contribution in [0.3, 0.4) is 0 Å². The van der Waals surface area contributed by atoms with E-state index in [2.05, 4.69) is 37.4 Å². The molecule has 1 aromatic heterocycles. The molecule has 1 saturated heterocycles. The van der Waals surface area contributed by atoms with Crippen LogP contribution in [-0.2, 0) is 6.18 Å². The Hall–Kier alpha value is -5.73. The minimum atomic E-state index is -4.46. The van der Waals surface area contributed by atoms with E-state index in [0.29, 0.717) is 29.1 Å². The molecule has 5 aromatic rings. The zero-order chi connectivity index (χ0) is 39.1. The Bertz CT molecular complexity index is 2100. The first-order valence-corrected chi connectivity index (χ1v) is 17.8. The van der Waals surface area contributed by atoms with Crippen LogP contribution in [0.1, 0.15) is 33.5 Å². The second-order valence-electron chi connectivity index (χ2n) is 13.3. The number of anilines is 3. The molecular weight excluding hydrogens is 716 g/mol. The highest BCUT2D eigenvalue weighted by Gasteiger charge is 2.30. The molecule has 14 heteroatoms. The van der Waals surface area contributed by atoms with Gasteiger partial charge in [-0.1, -0.05) is 36.4 Å². The molecule has 0 radical (unpaired) electrons. The fourth-order valence-corrected chi connectivity index (χ4v) is 6.11. The van der Waals surface area contributed by atoms with Gasteiger partial charge in [-0.15, -0.1) is 0 Å². The number of ether oxygens (including phenoxy) is 3. The monoisotopic (exact) mass is 758 g/mol. The number of alkyl halides is 3. The van der Waals surface area contributed by atoms with Crippen LogP contribution in [0.25, 0.3) is 11.1 Å². The molecule has 0 spiro atoms. The smallest absolute Gasteiger partial charge is 0.416 e. The molecule has 0 saturated carbocycles. The minimum absolute atomic E-state index is 0.00595. The number of carbonyl (C=O) groups is 1. The van der Waals surface area contributed by atoms with Gasteiger partial charge in [0.1, 0.15) is 5.56 Å². The van der Waals surface area contributed by atoms with Crippen LogP contribution >= 0.6 is 0 Å². The summed E-state index contributed by atoms with van der Waals surface area (Å²) >= 11 is 0. The summed E-state index contributed by atoms with van der Waals surface area (Å²) in [4.78, 5) is 27.2. The first-order chi connectivity index (χ1) is 26.4. The van der Waals surface area contributed by atoms with Gasteiger partial charge in [-0.2, -0.15) is 18.2 Å². The average molecular weight is 759 g/mol. The van der Waals surface area contributed by atoms with Gasteiger partial charge < -0.3 is 34.6 Å². The lowest BCUT2D eigenvalue weighted by molar-refractivity contribution is -0.137. The summed E-state index contributed by atoms with van der Waals surface area (Å²) in [5.74, 6) is -0.707. The molecule has 2 heterocycles. The number of aryl methyl sites for hydroxylation is 2. The van der Waals surface area contributed by atoms with Crippen LogP contribution in [-0.4, -0.2) is 79.2 Å². The predicted octanol–water partition coefficient (Wildman–Crippen LogP) is 8.73. The van der Waals surface area contributed by atoms with E-state index in [9.17, 15) is 18.0 Å². The van der Waals surface area contributed by atoms with Gasteiger partial charge in [-0.05, 0) is 86.0 Å². The van der Waals surface area contributed by atoms with E-state index in [4.69, 9.17) is 14.2 Å². The maximum absolute atomic E-state index is 15.1. The van der Waals surface area contributed by atoms with Crippen LogP contribution in [0.15, 0.2) is 85.1 Å². The Balaban J connectivity index is 1.22. The molecule has 4 aromatic carbocycles. The molecule has 1 aliphatic rings. The lowest BCUT2D eigenvalue weighted by atomic mass is 10.0. The number of likely N-dealkylation sites (N-methyl/N-ethyl adjacent to an activating group) is 1. The number of methoxy groups -OCH3 is 1. The van der Waals surface area contributed by atoms with Crippen molar-refractivity contribution in [3.63, 3.8) is 0 Å². The summed E-state index contributed by atoms with van der Waals surface area (Å²) in [6.45, 7) is 9.06. The Morgan fingerprint density at radius 3 is 2.24 bits per heavy atom. The standard InChI is InChI=1S/C41H42F4N6O4/c1-26-7-5-8-27(2)37(26)48-38(52)32-25-46-40(47-31-14-16-34(33(42)24-31)54-22-6-17-51-20-18-50(3)19-21-51)49-39(32)55-35-15-11-29(23-36(35)53-4)28-9-12-30(13-10-28)41(43,44)45/h5,7-16,23-25H,6,17-22H2,1-4H3,(H,48,52)(H,46,47,49). The number of hydrogen-bond acceptors (Lipinski definition) is 9. The zero-order valence-corrected chi connectivity index (χ0v) is 31.0. The van der Waals surface area contributed by atoms with E-state index in [1.165, 1.54) is 37.6 Å². The topological polar surface area (TPSA) is 101 Å². The van der Waals surface area contributed by atoms with E-state index in [1.54, 1.807) is 24.3 Å². The summed E-state index contributed by atoms with van der Waals surface area (Å²) in [5, 5.41) is 5.89. The summed E-state index contributed by atoms with van der Waals surface area (Å²) in [6, 6.07) is 19.6. The van der Waals surface area contributed by atoms with Crippen molar-refractivity contribution in [1.82, 2.24) is 19.8 Å². The zero-order valence-electron chi connectivity index (χ0n) is 31.0. The molecule has 1 amide bonds. The Morgan fingerprint density at radius 1 is 0.873 bits per heavy atom. The van der Waals surface area contributed by atoms with E-state index >= 15 is 4.39 Å². The largest absolute Gasteiger partial charge is 0.493 e. The second kappa shape index (κ2) is 17.2. The van der Waals surface area contributed by atoms with Gasteiger partial charge in [0, 0.05) is 56.4 Å². The molecule has 0 atom stereocenters. The van der Waals surface area contributed by atoms with Crippen LogP contribution in [0, 0.1) is 19.7 Å². The van der Waals surface area contributed by atoms with Gasteiger partial charge >= 0.3 is 6.18 Å². The first-order valence-electron chi connectivity index (χ1n) is 17.8. The van der Waals surface area contributed by atoms with Crippen LogP contribution in [0.2, 0.25) is 0 Å². The summed E-state index contributed by atoms with van der Waals surface area (Å²) < 4.78 is 72.1. The molecule has 1 fully saturated rings. The van der Waals surface area contributed by atoms with Crippen molar-refractivity contribution in [1.29, 1.82) is 0 Å². The molecule has 2 N–H and O–H groups in total. The molecule has 0 aliphatic carbocycles. The SMILES string of the molecule is COc1cc(-c2ccc(C(F)(F)F)cc2)ccc1Oc1nc(Nc2ccc(OCCCN3CCN(C)CC3)c(F)c2)ncc1C(=O)Nc1c(C)cccc1C. The number of para-hydroxylation sites is 1. The van der Waals surface area contributed by atoms with Crippen molar-refractivity contribution in [3.05, 3.63) is 113 Å². The number of nitrogens with zero attached hydrogens (tertiary/aromatic N) is 4. The molecule has 6 rings (SSSR count). The molecule has 288 valence electrons. The van der Waals surface area contributed by atoms with E-state index in [-0.39, 0.29) is 34.6 Å². The summed E-state index contributed by atoms with van der Waals surface area (Å²) in [7, 11) is 3.52. The van der Waals surface area contributed by atoms with E-state index < -0.39 is 23.5 Å². The molecular formula is C41H42F4N6O4. The van der Waals surface area contributed by atoms with Crippen LogP contribution in [0.4, 0.5) is 34.9 Å². The van der Waals surface area contributed by atoms with Gasteiger partial charge in [0.2, 0.25) is 11.8 Å². The number of carbonyl (C=O) groups excluding carboxylic acids is 1. The van der Waals surface area contributed by atoms with Gasteiger partial charge in [0.25, 0.3) is 5.91 Å². The number of nitrogens with one attached hydrogen (secondary N) is 2. The highest BCUT2D eigenvalue weighted by atomic mass is 19.4. The number of aromatic nitrogens is 2. The lowest BCUT2D eigenvalue weighted by Crippen LogP contribution is -2.44. The Labute approximate surface area is 317 Å². The molecule has 55 heavy (non-hydrogen) atoms. The second-order valence-corrected chi connectivity index (χ2v) is 13.3. The van der Waals surface area contributed by atoms with Crippen molar-refractivity contribution >= 4 is 23.2 Å². The third-order valence-electron chi connectivity index (χ3n) is 9.29. The fourth-order valence-electron chi connectivity index (χ4n) is 6.11. The van der Waals surface area contributed by atoms with Crippen molar-refractivity contribution in [2.24, 2.45) is 0 Å². The fraction of sp³-hybridized carbons (Fsp3) is 0.293. The number of rotatable bonds is 13. The van der Waals surface area contributed by atoms with Crippen molar-refractivity contribution in [2.45, 2.75) is 26.4 Å². The predicted molar refractivity (Wildman–Crippen MR) is 203 cm³/mol. The minimum Gasteiger partial charge on any atom is -0.493 e. The lowest BCUT2D eigenvalue weighted by Gasteiger charge is -2.32. The number of hydrogen-bond donors (Lipinski definition) is 2. The molecule has 1 aliphatic heterocycles. The van der Waals surface area contributed by atoms with E-state index in [0.717, 1.165) is 62.4 Å². The maximum Gasteiger partial charge on any atom is 0.416 e. The highest BCUT2D eigenvalue weighted by molar-refractivity contribution is 6.06. The van der Waals surface area contributed by atoms with Gasteiger partial charge in [0.15, 0.2) is 23.1 Å². The number of piperazine rings is 1. The van der Waals surface area contributed by atoms with Gasteiger partial charge in [0.05, 0.1) is 19.3 Å². The Kier molecular flexibility index (Phi) is 12.2. The van der Waals surface area contributed by atoms with Crippen molar-refractivity contribution in [3.8, 4) is 34.3 Å². The highest BCUT2D eigenvalue weighted by Crippen LogP contribution is 2.38. The third kappa shape index (κ3) is 9.88. The molecule has 10 nitrogen and oxygen atoms in total. The third-order valence-corrected chi connectivity index (χ3v) is 9.29. The van der Waals surface area contributed by atoms with Gasteiger partial charge in [-0.25, -0.2) is 9.37 Å². The van der Waals surface area contributed by atoms with Gasteiger partial charge in [-0.3, -0.25) is 4.79 Å². The number of halogens is 4. The average Bonchev–Trinajstić information content (AvgIpc) is 3.16. The Morgan fingerprint density at radius 2 is 1.56 bits per heavy atom.